The number of ether oxygens (including phenoxy) is 2. The normalized spacial score (nSPS) is 15.2. The second-order valence-electron chi connectivity index (χ2n) is 6.91. The highest BCUT2D eigenvalue weighted by molar-refractivity contribution is 7.80. The summed E-state index contributed by atoms with van der Waals surface area (Å²) in [7, 11) is 1.57. The van der Waals surface area contributed by atoms with Gasteiger partial charge in [0.15, 0.2) is 5.11 Å². The Morgan fingerprint density at radius 1 is 1.28 bits per heavy atom. The smallest absolute Gasteiger partial charge is 0.341 e. The van der Waals surface area contributed by atoms with Crippen LogP contribution in [0.25, 0.3) is 0 Å². The van der Waals surface area contributed by atoms with Crippen molar-refractivity contribution in [3.8, 4) is 5.75 Å². The molecule has 0 bridgehead atoms. The highest BCUT2D eigenvalue weighted by Gasteiger charge is 2.29. The molecule has 2 N–H and O–H groups in total. The Morgan fingerprint density at radius 2 is 2.00 bits per heavy atom. The summed E-state index contributed by atoms with van der Waals surface area (Å²) >= 11 is 6.83. The lowest BCUT2D eigenvalue weighted by Crippen LogP contribution is -2.34. The molecule has 1 heterocycles. The fourth-order valence-electron chi connectivity index (χ4n) is 3.31. The van der Waals surface area contributed by atoms with Crippen LogP contribution in [0.5, 0.6) is 5.75 Å². The number of carbonyl (C=O) groups excluding carboxylic acids is 2. The Labute approximate surface area is 179 Å². The van der Waals surface area contributed by atoms with Crippen molar-refractivity contribution < 1.29 is 19.1 Å². The first kappa shape index (κ1) is 21.3. The number of thiocarbonyl (C=S) groups is 1. The molecule has 1 aromatic carbocycles. The van der Waals surface area contributed by atoms with Crippen molar-refractivity contribution in [1.82, 2.24) is 5.32 Å². The first-order valence-electron chi connectivity index (χ1n) is 9.51. The third-order valence-electron chi connectivity index (χ3n) is 4.80. The molecule has 1 aliphatic rings. The number of benzene rings is 1. The lowest BCUT2D eigenvalue weighted by molar-refractivity contribution is 0.0526. The zero-order chi connectivity index (χ0) is 21.0. The van der Waals surface area contributed by atoms with Gasteiger partial charge in [0.2, 0.25) is 0 Å². The van der Waals surface area contributed by atoms with Crippen molar-refractivity contribution in [2.45, 2.75) is 33.1 Å². The van der Waals surface area contributed by atoms with Crippen LogP contribution in [-0.4, -0.2) is 30.7 Å². The third-order valence-corrected chi connectivity index (χ3v) is 6.17. The van der Waals surface area contributed by atoms with Crippen LogP contribution < -0.4 is 15.4 Å². The number of amides is 1. The molecule has 1 atom stereocenters. The van der Waals surface area contributed by atoms with Crippen LogP contribution in [-0.2, 0) is 17.6 Å². The zero-order valence-corrected chi connectivity index (χ0v) is 18.3. The summed E-state index contributed by atoms with van der Waals surface area (Å²) in [5.74, 6) is 0.551. The molecule has 0 saturated heterocycles. The zero-order valence-electron chi connectivity index (χ0n) is 16.7. The molecule has 1 aromatic heterocycles. The van der Waals surface area contributed by atoms with E-state index in [0.29, 0.717) is 34.4 Å². The summed E-state index contributed by atoms with van der Waals surface area (Å²) in [6.45, 7) is 4.29. The molecule has 1 aliphatic carbocycles. The lowest BCUT2D eigenvalue weighted by atomic mass is 9.88. The predicted molar refractivity (Wildman–Crippen MR) is 118 cm³/mol. The van der Waals surface area contributed by atoms with E-state index in [0.717, 1.165) is 24.8 Å². The van der Waals surface area contributed by atoms with E-state index in [4.69, 9.17) is 21.7 Å². The number of hydrogen-bond donors (Lipinski definition) is 2. The number of methoxy groups -OCH3 is 1. The number of nitrogens with one attached hydrogen (secondary N) is 2. The molecule has 0 unspecified atom stereocenters. The summed E-state index contributed by atoms with van der Waals surface area (Å²) < 4.78 is 10.4. The molecule has 0 spiro atoms. The van der Waals surface area contributed by atoms with Crippen LogP contribution in [0.2, 0.25) is 0 Å². The van der Waals surface area contributed by atoms with E-state index in [-0.39, 0.29) is 17.0 Å². The summed E-state index contributed by atoms with van der Waals surface area (Å²) in [6, 6.07) is 6.73. The van der Waals surface area contributed by atoms with E-state index < -0.39 is 0 Å². The summed E-state index contributed by atoms with van der Waals surface area (Å²) in [5.41, 5.74) is 2.04. The van der Waals surface area contributed by atoms with E-state index in [2.05, 4.69) is 17.6 Å². The van der Waals surface area contributed by atoms with Crippen LogP contribution in [0.4, 0.5) is 5.00 Å². The van der Waals surface area contributed by atoms with Crippen LogP contribution in [0.15, 0.2) is 24.3 Å². The van der Waals surface area contributed by atoms with Gasteiger partial charge in [-0.05, 0) is 74.2 Å². The molecule has 0 fully saturated rings. The fourth-order valence-corrected chi connectivity index (χ4v) is 4.97. The van der Waals surface area contributed by atoms with Crippen molar-refractivity contribution >= 4 is 45.5 Å². The second-order valence-corrected chi connectivity index (χ2v) is 8.43. The molecule has 0 radical (unpaired) electrons. The quantitative estimate of drug-likeness (QED) is 0.545. The average Bonchev–Trinajstić information content (AvgIpc) is 3.04. The molecule has 1 amide bonds. The number of anilines is 1. The molecule has 3 rings (SSSR count). The molecule has 154 valence electrons. The topological polar surface area (TPSA) is 76.7 Å². The Hall–Kier alpha value is -2.45. The van der Waals surface area contributed by atoms with Gasteiger partial charge in [-0.1, -0.05) is 6.92 Å². The molecule has 8 heteroatoms. The van der Waals surface area contributed by atoms with Crippen molar-refractivity contribution in [2.75, 3.05) is 19.0 Å². The minimum absolute atomic E-state index is 0.142. The van der Waals surface area contributed by atoms with Crippen molar-refractivity contribution in [2.24, 2.45) is 5.92 Å². The Morgan fingerprint density at radius 3 is 2.66 bits per heavy atom. The van der Waals surface area contributed by atoms with Gasteiger partial charge in [-0.3, -0.25) is 10.1 Å². The van der Waals surface area contributed by atoms with Crippen LogP contribution >= 0.6 is 23.6 Å². The van der Waals surface area contributed by atoms with E-state index >= 15 is 0 Å². The number of fused-ring (bicyclic) bond motifs is 1. The van der Waals surface area contributed by atoms with Gasteiger partial charge in [-0.15, -0.1) is 11.3 Å². The molecule has 0 saturated carbocycles. The number of esters is 1. The number of rotatable bonds is 5. The minimum Gasteiger partial charge on any atom is -0.497 e. The highest BCUT2D eigenvalue weighted by Crippen LogP contribution is 2.40. The van der Waals surface area contributed by atoms with E-state index in [1.54, 1.807) is 38.3 Å². The number of thiophene rings is 1. The van der Waals surface area contributed by atoms with Crippen molar-refractivity contribution in [3.63, 3.8) is 0 Å². The fraction of sp³-hybridized carbons (Fsp3) is 0.381. The third kappa shape index (κ3) is 4.94. The van der Waals surface area contributed by atoms with Gasteiger partial charge in [0.05, 0.1) is 19.3 Å². The summed E-state index contributed by atoms with van der Waals surface area (Å²) in [5, 5.41) is 6.47. The number of carbonyl (C=O) groups is 2. The summed E-state index contributed by atoms with van der Waals surface area (Å²) in [6.07, 6.45) is 2.81. The minimum atomic E-state index is -0.355. The van der Waals surface area contributed by atoms with Gasteiger partial charge in [-0.2, -0.15) is 0 Å². The largest absolute Gasteiger partial charge is 0.497 e. The first-order chi connectivity index (χ1) is 13.9. The lowest BCUT2D eigenvalue weighted by Gasteiger charge is -2.18. The molecular formula is C21H24N2O4S2. The van der Waals surface area contributed by atoms with Gasteiger partial charge in [0, 0.05) is 10.4 Å². The number of hydrogen-bond acceptors (Lipinski definition) is 6. The highest BCUT2D eigenvalue weighted by atomic mass is 32.1. The van der Waals surface area contributed by atoms with Crippen molar-refractivity contribution in [1.29, 1.82) is 0 Å². The second kappa shape index (κ2) is 9.37. The molecular weight excluding hydrogens is 408 g/mol. The molecule has 6 nitrogen and oxygen atoms in total. The average molecular weight is 433 g/mol. The van der Waals surface area contributed by atoms with Gasteiger partial charge >= 0.3 is 5.97 Å². The van der Waals surface area contributed by atoms with Gasteiger partial charge < -0.3 is 14.8 Å². The Kier molecular flexibility index (Phi) is 6.87. The van der Waals surface area contributed by atoms with E-state index in [1.807, 2.05) is 0 Å². The van der Waals surface area contributed by atoms with Gasteiger partial charge in [0.1, 0.15) is 10.8 Å². The van der Waals surface area contributed by atoms with E-state index in [1.165, 1.54) is 16.2 Å². The maximum absolute atomic E-state index is 12.6. The molecule has 2 aromatic rings. The van der Waals surface area contributed by atoms with Crippen LogP contribution in [0.1, 0.15) is 51.4 Å². The molecule has 29 heavy (non-hydrogen) atoms. The van der Waals surface area contributed by atoms with Gasteiger partial charge in [-0.25, -0.2) is 4.79 Å². The maximum atomic E-state index is 12.6. The summed E-state index contributed by atoms with van der Waals surface area (Å²) in [4.78, 5) is 26.2. The van der Waals surface area contributed by atoms with E-state index in [9.17, 15) is 9.59 Å². The Bertz CT molecular complexity index is 922. The van der Waals surface area contributed by atoms with Crippen LogP contribution in [0.3, 0.4) is 0 Å². The maximum Gasteiger partial charge on any atom is 0.341 e. The molecule has 0 aliphatic heterocycles. The predicted octanol–water partition coefficient (Wildman–Crippen LogP) is 4.19. The van der Waals surface area contributed by atoms with Gasteiger partial charge in [0.25, 0.3) is 5.91 Å². The monoisotopic (exact) mass is 432 g/mol. The van der Waals surface area contributed by atoms with Crippen molar-refractivity contribution in [3.05, 3.63) is 45.8 Å². The SMILES string of the molecule is CCOC(=O)c1c(NC(=S)NC(=O)c2ccc(OC)cc2)sc2c1CC[C@H](C)C2. The standard InChI is InChI=1S/C21H24N2O4S2/c1-4-27-20(25)17-15-10-5-12(2)11-16(15)29-19(17)23-21(28)22-18(24)13-6-8-14(26-3)9-7-13/h6-9,12H,4-5,10-11H2,1-3H3,(H2,22,23,24,28)/t12-/m0/s1. The van der Waals surface area contributed by atoms with Crippen LogP contribution in [0, 0.1) is 5.92 Å². The first-order valence-corrected chi connectivity index (χ1v) is 10.7. The Balaban J connectivity index is 1.76.